The summed E-state index contributed by atoms with van der Waals surface area (Å²) >= 11 is 0. The van der Waals surface area contributed by atoms with Crippen molar-refractivity contribution in [1.82, 2.24) is 19.7 Å². The van der Waals surface area contributed by atoms with Gasteiger partial charge in [0.1, 0.15) is 0 Å². The molecule has 0 radical (unpaired) electrons. The van der Waals surface area contributed by atoms with Crippen LogP contribution >= 0.6 is 0 Å². The lowest BCUT2D eigenvalue weighted by atomic mass is 9.98. The summed E-state index contributed by atoms with van der Waals surface area (Å²) in [5.74, 6) is 7.09. The van der Waals surface area contributed by atoms with Gasteiger partial charge in [-0.1, -0.05) is 66.6 Å². The van der Waals surface area contributed by atoms with Crippen molar-refractivity contribution < 1.29 is 0 Å². The number of benzene rings is 2. The number of nitrogens with zero attached hydrogens (tertiary/aromatic N) is 4. The zero-order chi connectivity index (χ0) is 20.9. The number of nitrogens with one attached hydrogen (secondary N) is 1. The van der Waals surface area contributed by atoms with Crippen molar-refractivity contribution in [3.05, 3.63) is 89.7 Å². The van der Waals surface area contributed by atoms with Crippen molar-refractivity contribution in [2.24, 2.45) is 7.05 Å². The van der Waals surface area contributed by atoms with E-state index in [0.717, 1.165) is 16.7 Å². The predicted molar refractivity (Wildman–Crippen MR) is 122 cm³/mol. The second kappa shape index (κ2) is 8.81. The predicted octanol–water partition coefficient (Wildman–Crippen LogP) is 4.08. The highest BCUT2D eigenvalue weighted by Gasteiger charge is 2.18. The Balaban J connectivity index is 1.76. The van der Waals surface area contributed by atoms with Gasteiger partial charge < -0.3 is 9.88 Å². The molecule has 0 aliphatic heterocycles. The number of rotatable bonds is 5. The summed E-state index contributed by atoms with van der Waals surface area (Å²) in [5.41, 5.74) is 4.02. The summed E-state index contributed by atoms with van der Waals surface area (Å²) in [6.45, 7) is 0.678. The lowest BCUT2D eigenvalue weighted by Crippen LogP contribution is -2.14. The molecule has 0 fully saturated rings. The maximum atomic E-state index is 4.52. The highest BCUT2D eigenvalue weighted by atomic mass is 15.2. The normalized spacial score (nSPS) is 11.0. The molecule has 30 heavy (non-hydrogen) atoms. The van der Waals surface area contributed by atoms with Crippen molar-refractivity contribution >= 4 is 16.7 Å². The number of hydrogen-bond acceptors (Lipinski definition) is 4. The van der Waals surface area contributed by atoms with Crippen LogP contribution in [-0.4, -0.2) is 40.3 Å². The molecule has 0 bridgehead atoms. The fraction of sp³-hybridized carbons (Fsp3) is 0.200. The monoisotopic (exact) mass is 395 g/mol. The fourth-order valence-corrected chi connectivity index (χ4v) is 3.48. The van der Waals surface area contributed by atoms with E-state index in [1.165, 1.54) is 11.1 Å². The average molecular weight is 396 g/mol. The zero-order valence-corrected chi connectivity index (χ0v) is 17.5. The van der Waals surface area contributed by atoms with Gasteiger partial charge in [-0.15, -0.1) is 10.2 Å². The van der Waals surface area contributed by atoms with E-state index in [4.69, 9.17) is 0 Å². The third kappa shape index (κ3) is 4.19. The maximum absolute atomic E-state index is 4.52. The van der Waals surface area contributed by atoms with Gasteiger partial charge in [-0.05, 0) is 37.2 Å². The minimum absolute atomic E-state index is 0.0317. The second-order valence-electron chi connectivity index (χ2n) is 7.52. The number of anilines is 1. The van der Waals surface area contributed by atoms with Gasteiger partial charge in [0.2, 0.25) is 0 Å². The molecule has 0 saturated heterocycles. The minimum Gasteiger partial charge on any atom is -0.357 e. The molecule has 0 atom stereocenters. The van der Waals surface area contributed by atoms with Gasteiger partial charge in [0, 0.05) is 18.6 Å². The second-order valence-corrected chi connectivity index (χ2v) is 7.52. The highest BCUT2D eigenvalue weighted by Crippen LogP contribution is 2.30. The van der Waals surface area contributed by atoms with Gasteiger partial charge >= 0.3 is 0 Å². The van der Waals surface area contributed by atoms with Crippen LogP contribution in [0.3, 0.4) is 0 Å². The quantitative estimate of drug-likeness (QED) is 0.517. The lowest BCUT2D eigenvalue weighted by Gasteiger charge is -2.21. The molecule has 2 heterocycles. The van der Waals surface area contributed by atoms with Crippen LogP contribution in [0.25, 0.3) is 10.9 Å². The van der Waals surface area contributed by atoms with Crippen molar-refractivity contribution in [3.63, 3.8) is 0 Å². The fourth-order valence-electron chi connectivity index (χ4n) is 3.48. The number of aromatic nitrogens is 3. The van der Waals surface area contributed by atoms with Crippen molar-refractivity contribution in [1.29, 1.82) is 0 Å². The molecule has 0 spiro atoms. The number of hydrogen-bond donors (Lipinski definition) is 1. The maximum Gasteiger partial charge on any atom is 0.160 e. The number of fused-ring (bicyclic) bond motifs is 1. The molecule has 0 aliphatic carbocycles. The van der Waals surface area contributed by atoms with Crippen LogP contribution < -0.4 is 5.32 Å². The van der Waals surface area contributed by atoms with Gasteiger partial charge in [-0.25, -0.2) is 0 Å². The summed E-state index contributed by atoms with van der Waals surface area (Å²) < 4.78 is 2.05. The average Bonchev–Trinajstić information content (AvgIpc) is 3.16. The molecule has 0 aliphatic rings. The van der Waals surface area contributed by atoms with Crippen LogP contribution in [0, 0.1) is 11.8 Å². The molecule has 150 valence electrons. The Morgan fingerprint density at radius 1 is 0.933 bits per heavy atom. The molecule has 1 N–H and O–H groups in total. The van der Waals surface area contributed by atoms with Crippen molar-refractivity contribution in [2.75, 3.05) is 26.0 Å². The van der Waals surface area contributed by atoms with E-state index in [2.05, 4.69) is 86.5 Å². The molecule has 0 saturated carbocycles. The molecule has 2 aromatic carbocycles. The Kier molecular flexibility index (Phi) is 5.78. The van der Waals surface area contributed by atoms with Crippen LogP contribution in [0.2, 0.25) is 0 Å². The standard InChI is InChI=1S/C25H25N5/c1-29(2)17-10-15-22-24-21(16-18-30(24)3)25(28-27-22)26-23(19-11-6-4-7-12-19)20-13-8-5-9-14-20/h4-9,11-14,16,18,23H,17H2,1-3H3,(H,26,28). The molecule has 2 aromatic heterocycles. The molecular weight excluding hydrogens is 370 g/mol. The first kappa shape index (κ1) is 19.7. The van der Waals surface area contributed by atoms with Gasteiger partial charge in [-0.3, -0.25) is 4.90 Å². The Labute approximate surface area is 177 Å². The summed E-state index contributed by atoms with van der Waals surface area (Å²) in [6.07, 6.45) is 2.02. The third-order valence-corrected chi connectivity index (χ3v) is 4.95. The first-order valence-electron chi connectivity index (χ1n) is 9.95. The van der Waals surface area contributed by atoms with E-state index < -0.39 is 0 Å². The van der Waals surface area contributed by atoms with Crippen molar-refractivity contribution in [2.45, 2.75) is 6.04 Å². The van der Waals surface area contributed by atoms with Crippen LogP contribution in [0.5, 0.6) is 0 Å². The van der Waals surface area contributed by atoms with E-state index in [1.807, 2.05) is 44.4 Å². The summed E-state index contributed by atoms with van der Waals surface area (Å²) in [7, 11) is 6.01. The smallest absolute Gasteiger partial charge is 0.160 e. The van der Waals surface area contributed by atoms with E-state index in [0.29, 0.717) is 12.2 Å². The lowest BCUT2D eigenvalue weighted by molar-refractivity contribution is 0.464. The molecule has 4 rings (SSSR count). The van der Waals surface area contributed by atoms with E-state index in [-0.39, 0.29) is 6.04 Å². The number of aryl methyl sites for hydroxylation is 1. The van der Waals surface area contributed by atoms with Crippen LogP contribution in [0.1, 0.15) is 22.9 Å². The van der Waals surface area contributed by atoms with Gasteiger partial charge in [-0.2, -0.15) is 0 Å². The van der Waals surface area contributed by atoms with Crippen molar-refractivity contribution in [3.8, 4) is 11.8 Å². The third-order valence-electron chi connectivity index (χ3n) is 4.95. The van der Waals surface area contributed by atoms with E-state index in [9.17, 15) is 0 Å². The Bertz CT molecular complexity index is 1140. The highest BCUT2D eigenvalue weighted by molar-refractivity contribution is 5.93. The van der Waals surface area contributed by atoms with Gasteiger partial charge in [0.15, 0.2) is 11.5 Å². The molecule has 5 heteroatoms. The molecule has 0 amide bonds. The first-order chi connectivity index (χ1) is 14.6. The molecule has 4 aromatic rings. The Morgan fingerprint density at radius 2 is 1.57 bits per heavy atom. The summed E-state index contributed by atoms with van der Waals surface area (Å²) in [5, 5.41) is 13.6. The Hall–Kier alpha value is -3.62. The van der Waals surface area contributed by atoms with Crippen LogP contribution in [-0.2, 0) is 7.05 Å². The summed E-state index contributed by atoms with van der Waals surface area (Å²) in [4.78, 5) is 2.03. The summed E-state index contributed by atoms with van der Waals surface area (Å²) in [6, 6.07) is 22.8. The SMILES string of the molecule is CN(C)CC#Cc1nnc(NC(c2ccccc2)c2ccccc2)c2ccn(C)c12. The van der Waals surface area contributed by atoms with Crippen LogP contribution in [0.4, 0.5) is 5.82 Å². The van der Waals surface area contributed by atoms with Crippen LogP contribution in [0.15, 0.2) is 72.9 Å². The van der Waals surface area contributed by atoms with E-state index in [1.54, 1.807) is 0 Å². The first-order valence-corrected chi connectivity index (χ1v) is 9.95. The molecular formula is C25H25N5. The minimum atomic E-state index is -0.0317. The topological polar surface area (TPSA) is 46.0 Å². The van der Waals surface area contributed by atoms with Gasteiger partial charge in [0.25, 0.3) is 0 Å². The molecule has 0 unspecified atom stereocenters. The van der Waals surface area contributed by atoms with E-state index >= 15 is 0 Å². The Morgan fingerprint density at radius 3 is 2.17 bits per heavy atom. The largest absolute Gasteiger partial charge is 0.357 e. The zero-order valence-electron chi connectivity index (χ0n) is 17.5. The molecule has 5 nitrogen and oxygen atoms in total. The van der Waals surface area contributed by atoms with Gasteiger partial charge in [0.05, 0.1) is 18.1 Å².